The molecule has 2 aromatic carbocycles. The van der Waals surface area contributed by atoms with E-state index in [4.69, 9.17) is 0 Å². The second kappa shape index (κ2) is 5.02. The van der Waals surface area contributed by atoms with Crippen molar-refractivity contribution in [3.63, 3.8) is 0 Å². The van der Waals surface area contributed by atoms with Crippen LogP contribution in [0, 0.1) is 11.7 Å². The van der Waals surface area contributed by atoms with Crippen LogP contribution >= 0.6 is 0 Å². The topological polar surface area (TPSA) is 40.5 Å². The van der Waals surface area contributed by atoms with Crippen LogP contribution in [0.3, 0.4) is 0 Å². The van der Waals surface area contributed by atoms with E-state index in [1.807, 2.05) is 13.8 Å². The lowest BCUT2D eigenvalue weighted by atomic mass is 9.77. The molecule has 0 fully saturated rings. The Morgan fingerprint density at radius 3 is 2.11 bits per heavy atom. The Bertz CT molecular complexity index is 563. The summed E-state index contributed by atoms with van der Waals surface area (Å²) >= 11 is 0. The van der Waals surface area contributed by atoms with E-state index in [-0.39, 0.29) is 17.5 Å². The van der Waals surface area contributed by atoms with E-state index < -0.39 is 5.60 Å². The maximum absolute atomic E-state index is 13.0. The van der Waals surface area contributed by atoms with E-state index in [0.29, 0.717) is 11.1 Å². The molecule has 0 amide bonds. The van der Waals surface area contributed by atoms with Gasteiger partial charge in [0, 0.05) is 5.56 Å². The molecule has 0 heterocycles. The van der Waals surface area contributed by atoms with Crippen LogP contribution in [0.15, 0.2) is 48.5 Å². The number of hydrogen-bond acceptors (Lipinski definition) is 2. The first-order valence-corrected chi connectivity index (χ1v) is 6.23. The van der Waals surface area contributed by atoms with Gasteiger partial charge < -0.3 is 10.2 Å². The first kappa shape index (κ1) is 13.6. The highest BCUT2D eigenvalue weighted by Crippen LogP contribution is 2.40. The van der Waals surface area contributed by atoms with Crippen molar-refractivity contribution in [3.8, 4) is 5.75 Å². The van der Waals surface area contributed by atoms with Gasteiger partial charge in [-0.1, -0.05) is 44.2 Å². The molecule has 19 heavy (non-hydrogen) atoms. The van der Waals surface area contributed by atoms with Gasteiger partial charge in [0.15, 0.2) is 0 Å². The molecule has 0 saturated heterocycles. The Morgan fingerprint density at radius 2 is 1.58 bits per heavy atom. The molecule has 1 unspecified atom stereocenters. The van der Waals surface area contributed by atoms with Gasteiger partial charge in [-0.15, -0.1) is 0 Å². The molecule has 2 rings (SSSR count). The number of aromatic hydroxyl groups is 1. The van der Waals surface area contributed by atoms with Gasteiger partial charge in [-0.2, -0.15) is 0 Å². The summed E-state index contributed by atoms with van der Waals surface area (Å²) in [4.78, 5) is 0. The number of phenols is 1. The molecule has 2 N–H and O–H groups in total. The van der Waals surface area contributed by atoms with Crippen LogP contribution in [0.2, 0.25) is 0 Å². The predicted octanol–water partition coefficient (Wildman–Crippen LogP) is 3.42. The Morgan fingerprint density at radius 1 is 1.00 bits per heavy atom. The molecule has 0 aliphatic carbocycles. The lowest BCUT2D eigenvalue weighted by Crippen LogP contribution is -2.33. The third-order valence-electron chi connectivity index (χ3n) is 3.43. The molecule has 0 spiro atoms. The number of hydrogen-bond donors (Lipinski definition) is 2. The maximum atomic E-state index is 13.0. The highest BCUT2D eigenvalue weighted by Gasteiger charge is 2.37. The molecule has 1 atom stereocenters. The molecule has 2 nitrogen and oxygen atoms in total. The summed E-state index contributed by atoms with van der Waals surface area (Å²) in [6.45, 7) is 3.71. The normalized spacial score (nSPS) is 14.4. The zero-order chi connectivity index (χ0) is 14.0. The van der Waals surface area contributed by atoms with Gasteiger partial charge in [0.1, 0.15) is 17.2 Å². The summed E-state index contributed by atoms with van der Waals surface area (Å²) in [5, 5.41) is 21.0. The Balaban J connectivity index is 2.62. The molecule has 0 saturated carbocycles. The van der Waals surface area contributed by atoms with Gasteiger partial charge in [0.2, 0.25) is 0 Å². The lowest BCUT2D eigenvalue weighted by molar-refractivity contribution is 0.0295. The van der Waals surface area contributed by atoms with Gasteiger partial charge in [-0.05, 0) is 29.7 Å². The molecular formula is C16H17FO2. The summed E-state index contributed by atoms with van der Waals surface area (Å²) in [6, 6.07) is 12.4. The highest BCUT2D eigenvalue weighted by atomic mass is 19.1. The third-order valence-corrected chi connectivity index (χ3v) is 3.43. The van der Waals surface area contributed by atoms with Crippen LogP contribution in [0.4, 0.5) is 4.39 Å². The fraction of sp³-hybridized carbons (Fsp3) is 0.250. The van der Waals surface area contributed by atoms with Crippen LogP contribution in [0.5, 0.6) is 5.75 Å². The van der Waals surface area contributed by atoms with Crippen molar-refractivity contribution < 1.29 is 14.6 Å². The monoisotopic (exact) mass is 260 g/mol. The van der Waals surface area contributed by atoms with Crippen molar-refractivity contribution in [3.05, 3.63) is 65.5 Å². The fourth-order valence-electron chi connectivity index (χ4n) is 2.30. The number of aliphatic hydroxyl groups is 1. The van der Waals surface area contributed by atoms with Crippen molar-refractivity contribution in [1.29, 1.82) is 0 Å². The molecule has 0 aromatic heterocycles. The predicted molar refractivity (Wildman–Crippen MR) is 72.3 cm³/mol. The second-order valence-corrected chi connectivity index (χ2v) is 4.95. The second-order valence-electron chi connectivity index (χ2n) is 4.95. The first-order chi connectivity index (χ1) is 8.96. The van der Waals surface area contributed by atoms with E-state index in [2.05, 4.69) is 0 Å². The Kier molecular flexibility index (Phi) is 3.58. The molecule has 2 aromatic rings. The van der Waals surface area contributed by atoms with E-state index in [1.54, 1.807) is 30.3 Å². The average Bonchev–Trinajstić information content (AvgIpc) is 2.39. The zero-order valence-corrected chi connectivity index (χ0v) is 11.0. The minimum atomic E-state index is -1.35. The summed E-state index contributed by atoms with van der Waals surface area (Å²) in [5.74, 6) is -0.499. The van der Waals surface area contributed by atoms with E-state index in [9.17, 15) is 14.6 Å². The van der Waals surface area contributed by atoms with Crippen LogP contribution < -0.4 is 0 Å². The molecule has 0 aliphatic rings. The van der Waals surface area contributed by atoms with Crippen molar-refractivity contribution in [2.24, 2.45) is 5.92 Å². The fourth-order valence-corrected chi connectivity index (χ4v) is 2.30. The Hall–Kier alpha value is -1.87. The van der Waals surface area contributed by atoms with Gasteiger partial charge >= 0.3 is 0 Å². The number of phenolic OH excluding ortho intramolecular Hbond substituents is 1. The van der Waals surface area contributed by atoms with Crippen molar-refractivity contribution >= 4 is 0 Å². The van der Waals surface area contributed by atoms with Crippen LogP contribution in [-0.2, 0) is 5.60 Å². The van der Waals surface area contributed by atoms with E-state index >= 15 is 0 Å². The van der Waals surface area contributed by atoms with Crippen LogP contribution in [0.25, 0.3) is 0 Å². The van der Waals surface area contributed by atoms with Gasteiger partial charge in [0.25, 0.3) is 0 Å². The largest absolute Gasteiger partial charge is 0.508 e. The molecule has 3 heteroatoms. The molecule has 0 radical (unpaired) electrons. The molecule has 100 valence electrons. The lowest BCUT2D eigenvalue weighted by Gasteiger charge is -2.33. The number of halogens is 1. The van der Waals surface area contributed by atoms with Crippen molar-refractivity contribution in [2.45, 2.75) is 19.4 Å². The third kappa shape index (κ3) is 2.34. The molecule has 0 aliphatic heterocycles. The highest BCUT2D eigenvalue weighted by molar-refractivity contribution is 5.44. The molecular weight excluding hydrogens is 243 g/mol. The zero-order valence-electron chi connectivity index (χ0n) is 11.0. The summed E-state index contributed by atoms with van der Waals surface area (Å²) in [5.41, 5.74) is -0.360. The smallest absolute Gasteiger partial charge is 0.123 e. The summed E-state index contributed by atoms with van der Waals surface area (Å²) < 4.78 is 13.0. The van der Waals surface area contributed by atoms with Gasteiger partial charge in [-0.3, -0.25) is 0 Å². The van der Waals surface area contributed by atoms with Crippen molar-refractivity contribution in [1.82, 2.24) is 0 Å². The minimum absolute atomic E-state index is 0.0306. The summed E-state index contributed by atoms with van der Waals surface area (Å²) in [6.07, 6.45) is 0. The van der Waals surface area contributed by atoms with Gasteiger partial charge in [0.05, 0.1) is 0 Å². The van der Waals surface area contributed by atoms with Crippen LogP contribution in [-0.4, -0.2) is 10.2 Å². The maximum Gasteiger partial charge on any atom is 0.123 e. The minimum Gasteiger partial charge on any atom is -0.508 e. The van der Waals surface area contributed by atoms with E-state index in [0.717, 1.165) is 0 Å². The van der Waals surface area contributed by atoms with Gasteiger partial charge in [-0.25, -0.2) is 4.39 Å². The van der Waals surface area contributed by atoms with E-state index in [1.165, 1.54) is 18.2 Å². The first-order valence-electron chi connectivity index (χ1n) is 6.23. The average molecular weight is 260 g/mol. The summed E-state index contributed by atoms with van der Waals surface area (Å²) in [7, 11) is 0. The van der Waals surface area contributed by atoms with Crippen LogP contribution in [0.1, 0.15) is 25.0 Å². The SMILES string of the molecule is CC(C)C(O)(c1ccc(F)cc1)c1ccccc1O. The number of para-hydroxylation sites is 1. The Labute approximate surface area is 112 Å². The number of benzene rings is 2. The van der Waals surface area contributed by atoms with Crippen molar-refractivity contribution in [2.75, 3.05) is 0 Å². The number of rotatable bonds is 3. The quantitative estimate of drug-likeness (QED) is 0.887. The standard InChI is InChI=1S/C16H17FO2/c1-11(2)16(19,12-7-9-13(17)10-8-12)14-5-3-4-6-15(14)18/h3-11,18-19H,1-2H3. The molecule has 0 bridgehead atoms.